The summed E-state index contributed by atoms with van der Waals surface area (Å²) in [5.74, 6) is -0.438. The summed E-state index contributed by atoms with van der Waals surface area (Å²) < 4.78 is 0. The topological polar surface area (TPSA) is 81.4 Å². The zero-order valence-corrected chi connectivity index (χ0v) is 15.4. The quantitative estimate of drug-likeness (QED) is 0.246. The third-order valence-corrected chi connectivity index (χ3v) is 3.91. The van der Waals surface area contributed by atoms with E-state index in [2.05, 4.69) is 23.9 Å². The normalized spacial score (nSPS) is 10.9. The number of unbranched alkanes of at least 4 members (excludes halogenated alkanes) is 11. The fraction of sp³-hybridized carbons (Fsp3) is 0.789. The largest absolute Gasteiger partial charge is 0.349 e. The van der Waals surface area contributed by atoms with Gasteiger partial charge in [0.05, 0.1) is 0 Å². The third-order valence-electron chi connectivity index (χ3n) is 3.91. The molecule has 2 amide bonds. The number of carbonyl (C=O) groups excluding carboxylic acids is 2. The maximum Gasteiger partial charge on any atom is 0.345 e. The van der Waals surface area contributed by atoms with E-state index in [9.17, 15) is 9.59 Å². The van der Waals surface area contributed by atoms with Gasteiger partial charge in [-0.2, -0.15) is 5.48 Å². The molecule has 0 heterocycles. The highest BCUT2D eigenvalue weighted by Crippen LogP contribution is 2.10. The molecule has 0 bridgehead atoms. The number of hydroxylamine groups is 1. The first-order valence-electron chi connectivity index (χ1n) is 9.57. The average molecular weight is 341 g/mol. The number of hydrogen-bond donors (Lipinski definition) is 2. The van der Waals surface area contributed by atoms with E-state index < -0.39 is 12.0 Å². The SMILES string of the molecule is CCCCCCCC/C=C\CCCCCCCC(=O)ONC(N)=O. The summed E-state index contributed by atoms with van der Waals surface area (Å²) in [5, 5.41) is 0. The van der Waals surface area contributed by atoms with Gasteiger partial charge in [0.2, 0.25) is 0 Å². The van der Waals surface area contributed by atoms with Crippen molar-refractivity contribution in [3.8, 4) is 0 Å². The van der Waals surface area contributed by atoms with Crippen LogP contribution in [0, 0.1) is 0 Å². The van der Waals surface area contributed by atoms with Crippen molar-refractivity contribution in [2.45, 2.75) is 96.8 Å². The number of amides is 2. The second kappa shape index (κ2) is 17.8. The molecule has 0 saturated carbocycles. The highest BCUT2D eigenvalue weighted by atomic mass is 16.7. The zero-order chi connectivity index (χ0) is 17.9. The predicted octanol–water partition coefficient (Wildman–Crippen LogP) is 5.15. The van der Waals surface area contributed by atoms with Crippen LogP contribution in [0.3, 0.4) is 0 Å². The highest BCUT2D eigenvalue weighted by Gasteiger charge is 2.03. The van der Waals surface area contributed by atoms with Gasteiger partial charge in [-0.1, -0.05) is 70.4 Å². The summed E-state index contributed by atoms with van der Waals surface area (Å²) in [6.07, 6.45) is 20.8. The van der Waals surface area contributed by atoms with Crippen molar-refractivity contribution in [1.29, 1.82) is 0 Å². The first-order valence-corrected chi connectivity index (χ1v) is 9.57. The molecule has 0 aromatic heterocycles. The fourth-order valence-electron chi connectivity index (χ4n) is 2.50. The third kappa shape index (κ3) is 18.5. The Balaban J connectivity index is 3.20. The van der Waals surface area contributed by atoms with Crippen LogP contribution in [0.1, 0.15) is 96.8 Å². The van der Waals surface area contributed by atoms with Crippen LogP contribution < -0.4 is 11.2 Å². The van der Waals surface area contributed by atoms with E-state index in [0.717, 1.165) is 25.7 Å². The van der Waals surface area contributed by atoms with E-state index in [1.165, 1.54) is 57.8 Å². The molecule has 5 heteroatoms. The van der Waals surface area contributed by atoms with Gasteiger partial charge in [0.15, 0.2) is 0 Å². The molecule has 0 aliphatic rings. The Labute approximate surface area is 147 Å². The first kappa shape index (κ1) is 22.5. The molecule has 3 N–H and O–H groups in total. The summed E-state index contributed by atoms with van der Waals surface area (Å²) in [5.41, 5.74) is 6.62. The highest BCUT2D eigenvalue weighted by molar-refractivity contribution is 5.75. The molecular formula is C19H36N2O3. The lowest BCUT2D eigenvalue weighted by molar-refractivity contribution is -0.148. The summed E-state index contributed by atoms with van der Waals surface area (Å²) in [6.45, 7) is 2.25. The second-order valence-corrected chi connectivity index (χ2v) is 6.27. The molecule has 24 heavy (non-hydrogen) atoms. The molecule has 0 aliphatic heterocycles. The summed E-state index contributed by atoms with van der Waals surface area (Å²) in [7, 11) is 0. The van der Waals surface area contributed by atoms with E-state index >= 15 is 0 Å². The van der Waals surface area contributed by atoms with Gasteiger partial charge in [-0.15, -0.1) is 0 Å². The van der Waals surface area contributed by atoms with Crippen molar-refractivity contribution in [3.05, 3.63) is 12.2 Å². The molecular weight excluding hydrogens is 304 g/mol. The van der Waals surface area contributed by atoms with Crippen LogP contribution in [0.5, 0.6) is 0 Å². The van der Waals surface area contributed by atoms with E-state index in [-0.39, 0.29) is 0 Å². The average Bonchev–Trinajstić information content (AvgIpc) is 2.56. The molecule has 5 nitrogen and oxygen atoms in total. The molecule has 0 unspecified atom stereocenters. The Hall–Kier alpha value is -1.52. The minimum atomic E-state index is -0.854. The van der Waals surface area contributed by atoms with Crippen LogP contribution in [-0.4, -0.2) is 12.0 Å². The Morgan fingerprint density at radius 2 is 1.33 bits per heavy atom. The number of urea groups is 1. The molecule has 0 rings (SSSR count). The summed E-state index contributed by atoms with van der Waals surface area (Å²) >= 11 is 0. The summed E-state index contributed by atoms with van der Waals surface area (Å²) in [6, 6.07) is -0.854. The van der Waals surface area contributed by atoms with Gasteiger partial charge in [-0.25, -0.2) is 9.59 Å². The monoisotopic (exact) mass is 340 g/mol. The minimum absolute atomic E-state index is 0.318. The van der Waals surface area contributed by atoms with Crippen LogP contribution >= 0.6 is 0 Å². The lowest BCUT2D eigenvalue weighted by Crippen LogP contribution is -2.31. The molecule has 0 aromatic carbocycles. The van der Waals surface area contributed by atoms with E-state index in [0.29, 0.717) is 6.42 Å². The van der Waals surface area contributed by atoms with Crippen molar-refractivity contribution >= 4 is 12.0 Å². The van der Waals surface area contributed by atoms with Crippen LogP contribution in [0.4, 0.5) is 4.79 Å². The number of hydrogen-bond acceptors (Lipinski definition) is 3. The van der Waals surface area contributed by atoms with Crippen LogP contribution in [0.2, 0.25) is 0 Å². The molecule has 0 radical (unpaired) electrons. The number of nitrogens with two attached hydrogens (primary N) is 1. The van der Waals surface area contributed by atoms with Gasteiger partial charge in [-0.05, 0) is 32.1 Å². The Morgan fingerprint density at radius 3 is 1.88 bits per heavy atom. The van der Waals surface area contributed by atoms with Gasteiger partial charge in [-0.3, -0.25) is 0 Å². The van der Waals surface area contributed by atoms with Gasteiger partial charge >= 0.3 is 12.0 Å². The first-order chi connectivity index (χ1) is 11.7. The molecule has 0 atom stereocenters. The fourth-order valence-corrected chi connectivity index (χ4v) is 2.50. The van der Waals surface area contributed by atoms with Crippen molar-refractivity contribution in [3.63, 3.8) is 0 Å². The predicted molar refractivity (Wildman–Crippen MR) is 98.3 cm³/mol. The van der Waals surface area contributed by atoms with Crippen molar-refractivity contribution in [2.75, 3.05) is 0 Å². The lowest BCUT2D eigenvalue weighted by atomic mass is 10.1. The Kier molecular flexibility index (Phi) is 16.7. The lowest BCUT2D eigenvalue weighted by Gasteiger charge is -2.03. The maximum atomic E-state index is 11.2. The number of rotatable bonds is 15. The molecule has 0 fully saturated rings. The van der Waals surface area contributed by atoms with Gasteiger partial charge in [0.25, 0.3) is 0 Å². The number of nitrogens with one attached hydrogen (secondary N) is 1. The van der Waals surface area contributed by atoms with E-state index in [1.807, 2.05) is 5.48 Å². The molecule has 0 aliphatic carbocycles. The van der Waals surface area contributed by atoms with Crippen LogP contribution in [0.15, 0.2) is 12.2 Å². The number of allylic oxidation sites excluding steroid dienone is 2. The van der Waals surface area contributed by atoms with Crippen LogP contribution in [-0.2, 0) is 9.63 Å². The molecule has 0 saturated heterocycles. The standard InChI is InChI=1S/C19H36N2O3/c1-2-3-4-5-6-7-8-9-10-11-12-13-14-15-16-17-18(22)24-21-19(20)23/h9-10H,2-8,11-17H2,1H3,(H3,20,21,23)/b10-9-. The summed E-state index contributed by atoms with van der Waals surface area (Å²) in [4.78, 5) is 26.0. The molecule has 0 spiro atoms. The van der Waals surface area contributed by atoms with Crippen molar-refractivity contribution < 1.29 is 14.4 Å². The van der Waals surface area contributed by atoms with E-state index in [4.69, 9.17) is 5.73 Å². The Bertz CT molecular complexity index is 344. The van der Waals surface area contributed by atoms with Crippen molar-refractivity contribution in [2.24, 2.45) is 5.73 Å². The Morgan fingerprint density at radius 1 is 0.833 bits per heavy atom. The smallest absolute Gasteiger partial charge is 0.345 e. The number of primary amides is 1. The van der Waals surface area contributed by atoms with Crippen molar-refractivity contribution in [1.82, 2.24) is 5.48 Å². The van der Waals surface area contributed by atoms with E-state index in [1.54, 1.807) is 0 Å². The zero-order valence-electron chi connectivity index (χ0n) is 15.4. The molecule has 0 aromatic rings. The minimum Gasteiger partial charge on any atom is -0.349 e. The van der Waals surface area contributed by atoms with Gasteiger partial charge < -0.3 is 10.6 Å². The van der Waals surface area contributed by atoms with Gasteiger partial charge in [0, 0.05) is 6.42 Å². The second-order valence-electron chi connectivity index (χ2n) is 6.27. The maximum absolute atomic E-state index is 11.2. The van der Waals surface area contributed by atoms with Crippen LogP contribution in [0.25, 0.3) is 0 Å². The number of carbonyl (C=O) groups is 2. The van der Waals surface area contributed by atoms with Gasteiger partial charge in [0.1, 0.15) is 0 Å². The molecule has 140 valence electrons.